The number of halogens is 1. The Bertz CT molecular complexity index is 425. The highest BCUT2D eigenvalue weighted by Gasteiger charge is 2.04. The third kappa shape index (κ3) is 3.14. The van der Waals surface area contributed by atoms with E-state index in [4.69, 9.17) is 0 Å². The summed E-state index contributed by atoms with van der Waals surface area (Å²) in [5, 5.41) is 5.52. The molecular weight excluding hydrogens is 284 g/mol. The molecule has 2 aromatic rings. The maximum Gasteiger partial charge on any atom is 0.0795 e. The molecule has 2 rings (SSSR count). The molecule has 0 aliphatic rings. The highest BCUT2D eigenvalue weighted by atomic mass is 79.9. The first kappa shape index (κ1) is 11.8. The fourth-order valence-electron chi connectivity index (χ4n) is 1.45. The van der Waals surface area contributed by atoms with Gasteiger partial charge in [0.2, 0.25) is 0 Å². The van der Waals surface area contributed by atoms with Gasteiger partial charge in [-0.2, -0.15) is 0 Å². The zero-order valence-corrected chi connectivity index (χ0v) is 11.4. The van der Waals surface area contributed by atoms with Gasteiger partial charge in [-0.05, 0) is 24.6 Å². The van der Waals surface area contributed by atoms with Crippen LogP contribution in [0.25, 0.3) is 0 Å². The van der Waals surface area contributed by atoms with E-state index < -0.39 is 0 Å². The SMILES string of the molecule is C[C@H](NCc1cscn1)c1ccc(Br)cc1. The molecule has 0 spiro atoms. The van der Waals surface area contributed by atoms with Gasteiger partial charge in [-0.25, -0.2) is 4.98 Å². The molecule has 0 amide bonds. The van der Waals surface area contributed by atoms with E-state index in [9.17, 15) is 0 Å². The van der Waals surface area contributed by atoms with E-state index in [1.54, 1.807) is 11.3 Å². The Labute approximate surface area is 108 Å². The third-order valence-electron chi connectivity index (χ3n) is 2.44. The first-order valence-electron chi connectivity index (χ1n) is 5.11. The van der Waals surface area contributed by atoms with Crippen LogP contribution in [0.5, 0.6) is 0 Å². The van der Waals surface area contributed by atoms with Crippen molar-refractivity contribution >= 4 is 27.3 Å². The van der Waals surface area contributed by atoms with Crippen LogP contribution in [0.4, 0.5) is 0 Å². The van der Waals surface area contributed by atoms with E-state index in [2.05, 4.69) is 62.8 Å². The van der Waals surface area contributed by atoms with Crippen LogP contribution in [-0.4, -0.2) is 4.98 Å². The largest absolute Gasteiger partial charge is 0.305 e. The van der Waals surface area contributed by atoms with Crippen LogP contribution < -0.4 is 5.32 Å². The van der Waals surface area contributed by atoms with Crippen LogP contribution >= 0.6 is 27.3 Å². The van der Waals surface area contributed by atoms with Crippen molar-refractivity contribution < 1.29 is 0 Å². The zero-order valence-electron chi connectivity index (χ0n) is 8.98. The predicted molar refractivity (Wildman–Crippen MR) is 71.5 cm³/mol. The molecule has 0 aliphatic heterocycles. The molecule has 0 aliphatic carbocycles. The number of thiazole rings is 1. The number of aromatic nitrogens is 1. The van der Waals surface area contributed by atoms with Gasteiger partial charge >= 0.3 is 0 Å². The molecule has 0 unspecified atom stereocenters. The lowest BCUT2D eigenvalue weighted by molar-refractivity contribution is 0.569. The summed E-state index contributed by atoms with van der Waals surface area (Å²) in [6.45, 7) is 2.98. The predicted octanol–water partition coefficient (Wildman–Crippen LogP) is 3.76. The monoisotopic (exact) mass is 296 g/mol. The molecule has 0 saturated heterocycles. The van der Waals surface area contributed by atoms with Gasteiger partial charge in [-0.3, -0.25) is 0 Å². The van der Waals surface area contributed by atoms with Gasteiger partial charge in [-0.1, -0.05) is 28.1 Å². The van der Waals surface area contributed by atoms with Crippen molar-refractivity contribution in [2.24, 2.45) is 0 Å². The minimum atomic E-state index is 0.342. The van der Waals surface area contributed by atoms with E-state index in [1.807, 2.05) is 5.51 Å². The van der Waals surface area contributed by atoms with E-state index in [0.717, 1.165) is 16.7 Å². The fraction of sp³-hybridized carbons (Fsp3) is 0.250. The quantitative estimate of drug-likeness (QED) is 0.929. The van der Waals surface area contributed by atoms with Crippen LogP contribution in [0.2, 0.25) is 0 Å². The van der Waals surface area contributed by atoms with Gasteiger partial charge in [0, 0.05) is 22.4 Å². The Morgan fingerprint density at radius 1 is 1.38 bits per heavy atom. The van der Waals surface area contributed by atoms with Crippen molar-refractivity contribution in [2.75, 3.05) is 0 Å². The summed E-state index contributed by atoms with van der Waals surface area (Å²) < 4.78 is 1.11. The summed E-state index contributed by atoms with van der Waals surface area (Å²) in [5.41, 5.74) is 4.26. The highest BCUT2D eigenvalue weighted by Crippen LogP contribution is 2.16. The molecule has 16 heavy (non-hydrogen) atoms. The number of hydrogen-bond acceptors (Lipinski definition) is 3. The van der Waals surface area contributed by atoms with Gasteiger partial charge in [0.05, 0.1) is 11.2 Å². The first-order chi connectivity index (χ1) is 7.75. The average molecular weight is 297 g/mol. The van der Waals surface area contributed by atoms with Gasteiger partial charge < -0.3 is 5.32 Å². The van der Waals surface area contributed by atoms with E-state index in [1.165, 1.54) is 5.56 Å². The Balaban J connectivity index is 1.93. The molecule has 4 heteroatoms. The molecule has 0 fully saturated rings. The lowest BCUT2D eigenvalue weighted by Gasteiger charge is -2.13. The summed E-state index contributed by atoms with van der Waals surface area (Å²) >= 11 is 5.07. The Morgan fingerprint density at radius 2 is 2.12 bits per heavy atom. The van der Waals surface area contributed by atoms with Gasteiger partial charge in [-0.15, -0.1) is 11.3 Å². The Morgan fingerprint density at radius 3 is 2.75 bits per heavy atom. The number of rotatable bonds is 4. The van der Waals surface area contributed by atoms with Gasteiger partial charge in [0.15, 0.2) is 0 Å². The van der Waals surface area contributed by atoms with Crippen molar-refractivity contribution in [3.05, 3.63) is 50.9 Å². The lowest BCUT2D eigenvalue weighted by Crippen LogP contribution is -2.18. The molecule has 2 nitrogen and oxygen atoms in total. The van der Waals surface area contributed by atoms with E-state index in [-0.39, 0.29) is 0 Å². The Kier molecular flexibility index (Phi) is 4.09. The minimum Gasteiger partial charge on any atom is -0.305 e. The first-order valence-corrected chi connectivity index (χ1v) is 6.85. The smallest absolute Gasteiger partial charge is 0.0795 e. The molecule has 1 N–H and O–H groups in total. The highest BCUT2D eigenvalue weighted by molar-refractivity contribution is 9.10. The van der Waals surface area contributed by atoms with Crippen LogP contribution in [0.15, 0.2) is 39.6 Å². The second-order valence-corrected chi connectivity index (χ2v) is 5.27. The summed E-state index contributed by atoms with van der Waals surface area (Å²) in [7, 11) is 0. The standard InChI is InChI=1S/C12H13BrN2S/c1-9(10-2-4-11(13)5-3-10)14-6-12-7-16-8-15-12/h2-5,7-9,14H,6H2,1H3/t9-/m0/s1. The summed E-state index contributed by atoms with van der Waals surface area (Å²) in [6, 6.07) is 8.73. The number of benzene rings is 1. The molecule has 0 radical (unpaired) electrons. The van der Waals surface area contributed by atoms with Gasteiger partial charge in [0.1, 0.15) is 0 Å². The molecular formula is C12H13BrN2S. The van der Waals surface area contributed by atoms with E-state index >= 15 is 0 Å². The van der Waals surface area contributed by atoms with Crippen LogP contribution in [0, 0.1) is 0 Å². The fourth-order valence-corrected chi connectivity index (χ4v) is 2.27. The van der Waals surface area contributed by atoms with Gasteiger partial charge in [0.25, 0.3) is 0 Å². The second kappa shape index (κ2) is 5.57. The number of hydrogen-bond donors (Lipinski definition) is 1. The number of nitrogens with zero attached hydrogens (tertiary/aromatic N) is 1. The minimum absolute atomic E-state index is 0.342. The summed E-state index contributed by atoms with van der Waals surface area (Å²) in [5.74, 6) is 0. The third-order valence-corrected chi connectivity index (χ3v) is 3.61. The van der Waals surface area contributed by atoms with Crippen molar-refractivity contribution in [2.45, 2.75) is 19.5 Å². The topological polar surface area (TPSA) is 24.9 Å². The maximum absolute atomic E-state index is 4.24. The molecule has 1 heterocycles. The molecule has 84 valence electrons. The molecule has 1 aromatic carbocycles. The van der Waals surface area contributed by atoms with Crippen LogP contribution in [0.1, 0.15) is 24.2 Å². The van der Waals surface area contributed by atoms with Crippen LogP contribution in [-0.2, 0) is 6.54 Å². The molecule has 1 aromatic heterocycles. The van der Waals surface area contributed by atoms with Crippen molar-refractivity contribution in [3.8, 4) is 0 Å². The molecule has 1 atom stereocenters. The number of nitrogens with one attached hydrogen (secondary N) is 1. The van der Waals surface area contributed by atoms with Crippen molar-refractivity contribution in [1.29, 1.82) is 0 Å². The van der Waals surface area contributed by atoms with Crippen LogP contribution in [0.3, 0.4) is 0 Å². The lowest BCUT2D eigenvalue weighted by atomic mass is 10.1. The normalized spacial score (nSPS) is 12.6. The Hall–Kier alpha value is -0.710. The maximum atomic E-state index is 4.24. The zero-order chi connectivity index (χ0) is 11.4. The molecule has 0 saturated carbocycles. The summed E-state index contributed by atoms with van der Waals surface area (Å²) in [6.07, 6.45) is 0. The van der Waals surface area contributed by atoms with Crippen molar-refractivity contribution in [3.63, 3.8) is 0 Å². The van der Waals surface area contributed by atoms with E-state index in [0.29, 0.717) is 6.04 Å². The van der Waals surface area contributed by atoms with Crippen molar-refractivity contribution in [1.82, 2.24) is 10.3 Å². The molecule has 0 bridgehead atoms. The summed E-state index contributed by atoms with van der Waals surface area (Å²) in [4.78, 5) is 4.24. The average Bonchev–Trinajstić information content (AvgIpc) is 2.80. The second-order valence-electron chi connectivity index (χ2n) is 3.63.